The Hall–Kier alpha value is -1.68. The molecule has 2 rings (SSSR count). The summed E-state index contributed by atoms with van der Waals surface area (Å²) in [5, 5.41) is 7.99. The molecular formula is C15H22N4. The summed E-state index contributed by atoms with van der Waals surface area (Å²) in [6, 6.07) is 4.09. The zero-order valence-electron chi connectivity index (χ0n) is 11.9. The average Bonchev–Trinajstić information content (AvgIpc) is 2.77. The monoisotopic (exact) mass is 258 g/mol. The molecule has 0 radical (unpaired) electrons. The van der Waals surface area contributed by atoms with Crippen molar-refractivity contribution in [1.82, 2.24) is 20.1 Å². The van der Waals surface area contributed by atoms with Gasteiger partial charge in [-0.15, -0.1) is 0 Å². The molecule has 1 N–H and O–H groups in total. The second-order valence-corrected chi connectivity index (χ2v) is 5.16. The van der Waals surface area contributed by atoms with Crippen molar-refractivity contribution < 1.29 is 0 Å². The molecule has 0 bridgehead atoms. The van der Waals surface area contributed by atoms with Gasteiger partial charge in [-0.25, -0.2) is 0 Å². The van der Waals surface area contributed by atoms with Gasteiger partial charge in [-0.05, 0) is 30.5 Å². The van der Waals surface area contributed by atoms with Gasteiger partial charge in [0.2, 0.25) is 0 Å². The first-order valence-corrected chi connectivity index (χ1v) is 6.79. The van der Waals surface area contributed by atoms with Gasteiger partial charge < -0.3 is 5.32 Å². The summed E-state index contributed by atoms with van der Waals surface area (Å²) in [7, 11) is 1.98. The zero-order chi connectivity index (χ0) is 13.7. The van der Waals surface area contributed by atoms with Crippen molar-refractivity contribution in [2.45, 2.75) is 32.7 Å². The molecule has 0 unspecified atom stereocenters. The van der Waals surface area contributed by atoms with Crippen LogP contribution in [0.2, 0.25) is 0 Å². The smallest absolute Gasteiger partial charge is 0.0694 e. The molecule has 0 aromatic carbocycles. The molecule has 0 aliphatic heterocycles. The van der Waals surface area contributed by atoms with Crippen molar-refractivity contribution >= 4 is 0 Å². The molecule has 0 atom stereocenters. The summed E-state index contributed by atoms with van der Waals surface area (Å²) in [5.41, 5.74) is 3.75. The predicted molar refractivity (Wildman–Crippen MR) is 76.9 cm³/mol. The Bertz CT molecular complexity index is 502. The Labute approximate surface area is 114 Å². The van der Waals surface area contributed by atoms with Gasteiger partial charge in [-0.1, -0.05) is 19.9 Å². The highest BCUT2D eigenvalue weighted by atomic mass is 15.3. The maximum Gasteiger partial charge on any atom is 0.0694 e. The SMILES string of the molecule is CC(C)c1nn(C)cc1CNCCc1cccnc1. The zero-order valence-corrected chi connectivity index (χ0v) is 11.9. The van der Waals surface area contributed by atoms with Crippen LogP contribution in [0.4, 0.5) is 0 Å². The molecule has 4 nitrogen and oxygen atoms in total. The van der Waals surface area contributed by atoms with E-state index in [2.05, 4.69) is 41.5 Å². The van der Waals surface area contributed by atoms with E-state index in [4.69, 9.17) is 0 Å². The van der Waals surface area contributed by atoms with E-state index in [9.17, 15) is 0 Å². The molecule has 0 aliphatic carbocycles. The van der Waals surface area contributed by atoms with Crippen molar-refractivity contribution in [3.05, 3.63) is 47.5 Å². The number of aryl methyl sites for hydroxylation is 1. The van der Waals surface area contributed by atoms with Crippen molar-refractivity contribution in [2.75, 3.05) is 6.54 Å². The second-order valence-electron chi connectivity index (χ2n) is 5.16. The molecule has 0 spiro atoms. The minimum absolute atomic E-state index is 0.469. The Morgan fingerprint density at radius 3 is 2.89 bits per heavy atom. The van der Waals surface area contributed by atoms with Crippen molar-refractivity contribution in [3.63, 3.8) is 0 Å². The van der Waals surface area contributed by atoms with Crippen LogP contribution in [0.5, 0.6) is 0 Å². The Morgan fingerprint density at radius 2 is 2.21 bits per heavy atom. The lowest BCUT2D eigenvalue weighted by atomic mass is 10.1. The van der Waals surface area contributed by atoms with Crippen LogP contribution in [-0.2, 0) is 20.0 Å². The summed E-state index contributed by atoms with van der Waals surface area (Å²) in [4.78, 5) is 4.12. The van der Waals surface area contributed by atoms with Crippen LogP contribution in [0.15, 0.2) is 30.7 Å². The Balaban J connectivity index is 1.83. The minimum Gasteiger partial charge on any atom is -0.312 e. The fraction of sp³-hybridized carbons (Fsp3) is 0.467. The molecule has 2 aromatic rings. The third-order valence-electron chi connectivity index (χ3n) is 3.11. The van der Waals surface area contributed by atoms with Gasteiger partial charge in [0.15, 0.2) is 0 Å². The highest BCUT2D eigenvalue weighted by Gasteiger charge is 2.10. The summed E-state index contributed by atoms with van der Waals surface area (Å²) in [6.45, 7) is 6.20. The first-order valence-electron chi connectivity index (χ1n) is 6.79. The van der Waals surface area contributed by atoms with E-state index in [0.29, 0.717) is 5.92 Å². The van der Waals surface area contributed by atoms with Crippen LogP contribution in [0.3, 0.4) is 0 Å². The molecule has 0 saturated carbocycles. The van der Waals surface area contributed by atoms with E-state index >= 15 is 0 Å². The number of aromatic nitrogens is 3. The lowest BCUT2D eigenvalue weighted by Gasteiger charge is -2.07. The van der Waals surface area contributed by atoms with Crippen LogP contribution >= 0.6 is 0 Å². The number of pyridine rings is 1. The Morgan fingerprint density at radius 1 is 1.37 bits per heavy atom. The fourth-order valence-corrected chi connectivity index (χ4v) is 2.18. The van der Waals surface area contributed by atoms with E-state index in [1.807, 2.05) is 30.2 Å². The van der Waals surface area contributed by atoms with E-state index in [1.165, 1.54) is 16.8 Å². The van der Waals surface area contributed by atoms with Gasteiger partial charge in [-0.2, -0.15) is 5.10 Å². The van der Waals surface area contributed by atoms with Crippen molar-refractivity contribution in [2.24, 2.45) is 7.05 Å². The van der Waals surface area contributed by atoms with Crippen LogP contribution in [0, 0.1) is 0 Å². The topological polar surface area (TPSA) is 42.7 Å². The van der Waals surface area contributed by atoms with Gasteiger partial charge in [0, 0.05) is 37.7 Å². The molecular weight excluding hydrogens is 236 g/mol. The number of nitrogens with one attached hydrogen (secondary N) is 1. The highest BCUT2D eigenvalue weighted by molar-refractivity contribution is 5.20. The van der Waals surface area contributed by atoms with E-state index in [0.717, 1.165) is 19.5 Å². The summed E-state index contributed by atoms with van der Waals surface area (Å²) in [5.74, 6) is 0.469. The largest absolute Gasteiger partial charge is 0.312 e. The number of hydrogen-bond donors (Lipinski definition) is 1. The van der Waals surface area contributed by atoms with E-state index < -0.39 is 0 Å². The quantitative estimate of drug-likeness (QED) is 0.808. The molecule has 102 valence electrons. The first kappa shape index (κ1) is 13.7. The van der Waals surface area contributed by atoms with Crippen LogP contribution in [0.25, 0.3) is 0 Å². The first-order chi connectivity index (χ1) is 9.16. The van der Waals surface area contributed by atoms with E-state index in [-0.39, 0.29) is 0 Å². The minimum atomic E-state index is 0.469. The normalized spacial score (nSPS) is 11.2. The van der Waals surface area contributed by atoms with Gasteiger partial charge in [0.05, 0.1) is 5.69 Å². The lowest BCUT2D eigenvalue weighted by molar-refractivity contribution is 0.673. The van der Waals surface area contributed by atoms with Crippen molar-refractivity contribution in [3.8, 4) is 0 Å². The molecule has 4 heteroatoms. The maximum atomic E-state index is 4.51. The number of rotatable bonds is 6. The van der Waals surface area contributed by atoms with Gasteiger partial charge in [0.25, 0.3) is 0 Å². The van der Waals surface area contributed by atoms with Crippen LogP contribution in [-0.4, -0.2) is 21.3 Å². The molecule has 0 fully saturated rings. The predicted octanol–water partition coefficient (Wildman–Crippen LogP) is 2.27. The molecule has 19 heavy (non-hydrogen) atoms. The van der Waals surface area contributed by atoms with Gasteiger partial charge >= 0.3 is 0 Å². The maximum absolute atomic E-state index is 4.51. The number of hydrogen-bond acceptors (Lipinski definition) is 3. The van der Waals surface area contributed by atoms with Gasteiger partial charge in [-0.3, -0.25) is 9.67 Å². The third-order valence-corrected chi connectivity index (χ3v) is 3.11. The third kappa shape index (κ3) is 3.89. The summed E-state index contributed by atoms with van der Waals surface area (Å²) < 4.78 is 1.90. The van der Waals surface area contributed by atoms with Gasteiger partial charge in [0.1, 0.15) is 0 Å². The molecule has 0 saturated heterocycles. The van der Waals surface area contributed by atoms with Crippen LogP contribution in [0.1, 0.15) is 36.6 Å². The molecule has 0 amide bonds. The second kappa shape index (κ2) is 6.48. The highest BCUT2D eigenvalue weighted by Crippen LogP contribution is 2.16. The fourth-order valence-electron chi connectivity index (χ4n) is 2.18. The lowest BCUT2D eigenvalue weighted by Crippen LogP contribution is -2.17. The van der Waals surface area contributed by atoms with Crippen LogP contribution < -0.4 is 5.32 Å². The number of nitrogens with zero attached hydrogens (tertiary/aromatic N) is 3. The standard InChI is InChI=1S/C15H22N4/c1-12(2)15-14(11-19(3)18-15)10-17-8-6-13-5-4-7-16-9-13/h4-5,7,9,11-12,17H,6,8,10H2,1-3H3. The van der Waals surface area contributed by atoms with Crippen molar-refractivity contribution in [1.29, 1.82) is 0 Å². The summed E-state index contributed by atoms with van der Waals surface area (Å²) >= 11 is 0. The Kier molecular flexibility index (Phi) is 4.68. The molecule has 2 aromatic heterocycles. The van der Waals surface area contributed by atoms with E-state index in [1.54, 1.807) is 0 Å². The molecule has 0 aliphatic rings. The molecule has 2 heterocycles. The summed E-state index contributed by atoms with van der Waals surface area (Å²) in [6.07, 6.45) is 6.84. The average molecular weight is 258 g/mol.